The third kappa shape index (κ3) is 4.01. The number of nitrogens with zero attached hydrogens (tertiary/aromatic N) is 3. The van der Waals surface area contributed by atoms with Gasteiger partial charge in [0.2, 0.25) is 0 Å². The molecule has 1 aliphatic rings. The van der Waals surface area contributed by atoms with Crippen molar-refractivity contribution < 1.29 is 13.2 Å². The third-order valence-electron chi connectivity index (χ3n) is 4.62. The molecule has 0 atom stereocenters. The predicted octanol–water partition coefficient (Wildman–Crippen LogP) is 4.22. The summed E-state index contributed by atoms with van der Waals surface area (Å²) in [5.74, 6) is -0.282. The lowest BCUT2D eigenvalue weighted by Gasteiger charge is -2.11. The average Bonchev–Trinajstić information content (AvgIpc) is 3.01. The van der Waals surface area contributed by atoms with Crippen LogP contribution in [0.1, 0.15) is 18.2 Å². The molecule has 0 bridgehead atoms. The normalized spacial score (nSPS) is 17.4. The van der Waals surface area contributed by atoms with E-state index in [1.165, 1.54) is 17.0 Å². The van der Waals surface area contributed by atoms with E-state index >= 15 is 0 Å². The third-order valence-corrected chi connectivity index (χ3v) is 7.02. The van der Waals surface area contributed by atoms with Crippen LogP contribution in [0.4, 0.5) is 0 Å². The second-order valence-corrected chi connectivity index (χ2v) is 9.36. The van der Waals surface area contributed by atoms with Crippen molar-refractivity contribution in [2.75, 3.05) is 6.54 Å². The second kappa shape index (κ2) is 8.04. The first kappa shape index (κ1) is 20.3. The van der Waals surface area contributed by atoms with E-state index in [4.69, 9.17) is 0 Å². The Labute approximate surface area is 179 Å². The van der Waals surface area contributed by atoms with Crippen molar-refractivity contribution in [3.05, 3.63) is 76.8 Å². The van der Waals surface area contributed by atoms with E-state index in [0.29, 0.717) is 17.1 Å². The van der Waals surface area contributed by atoms with Crippen LogP contribution in [0.25, 0.3) is 17.0 Å². The Hall–Kier alpha value is -2.97. The summed E-state index contributed by atoms with van der Waals surface area (Å²) in [6.45, 7) is 3.98. The Morgan fingerprint density at radius 3 is 2.53 bits per heavy atom. The van der Waals surface area contributed by atoms with Gasteiger partial charge in [0.1, 0.15) is 0 Å². The van der Waals surface area contributed by atoms with E-state index in [-0.39, 0.29) is 16.0 Å². The summed E-state index contributed by atoms with van der Waals surface area (Å²) >= 11 is 1.04. The predicted molar refractivity (Wildman–Crippen MR) is 120 cm³/mol. The number of amides is 1. The van der Waals surface area contributed by atoms with Gasteiger partial charge in [0.15, 0.2) is 5.17 Å². The summed E-state index contributed by atoms with van der Waals surface area (Å²) in [5, 5.41) is 1.15. The average molecular weight is 438 g/mol. The standard InChI is InChI=1S/C22H19N3O3S2/c1-3-25-21(26)20(14-17-11-10-16-6-4-5-7-19(16)23-17)29-22(25)24-30(27,28)18-12-8-15(2)9-13-18/h4-14H,3H2,1-2H3/b20-14-,24-22-. The maximum atomic E-state index is 12.8. The lowest BCUT2D eigenvalue weighted by Crippen LogP contribution is -2.29. The van der Waals surface area contributed by atoms with Crippen LogP contribution >= 0.6 is 11.8 Å². The largest absolute Gasteiger partial charge is 0.286 e. The van der Waals surface area contributed by atoms with E-state index in [1.54, 1.807) is 25.1 Å². The van der Waals surface area contributed by atoms with Crippen molar-refractivity contribution >= 4 is 49.8 Å². The number of carbonyl (C=O) groups excluding carboxylic acids is 1. The molecule has 2 heterocycles. The summed E-state index contributed by atoms with van der Waals surface area (Å²) in [5.41, 5.74) is 2.41. The van der Waals surface area contributed by atoms with Crippen molar-refractivity contribution in [2.24, 2.45) is 4.40 Å². The highest BCUT2D eigenvalue weighted by Crippen LogP contribution is 2.33. The van der Waals surface area contributed by atoms with Crippen molar-refractivity contribution in [2.45, 2.75) is 18.7 Å². The molecule has 30 heavy (non-hydrogen) atoms. The molecule has 1 aliphatic heterocycles. The number of carbonyl (C=O) groups is 1. The molecule has 0 aliphatic carbocycles. The molecular weight excluding hydrogens is 418 g/mol. The molecule has 1 fully saturated rings. The maximum absolute atomic E-state index is 12.8. The summed E-state index contributed by atoms with van der Waals surface area (Å²) in [7, 11) is -3.92. The molecule has 0 saturated carbocycles. The number of aryl methyl sites for hydroxylation is 1. The van der Waals surface area contributed by atoms with Gasteiger partial charge in [-0.1, -0.05) is 42.0 Å². The first-order valence-electron chi connectivity index (χ1n) is 9.36. The molecular formula is C22H19N3O3S2. The van der Waals surface area contributed by atoms with Gasteiger partial charge in [-0.05, 0) is 56.0 Å². The number of sulfonamides is 1. The van der Waals surface area contributed by atoms with Gasteiger partial charge in [0.25, 0.3) is 15.9 Å². The first-order valence-corrected chi connectivity index (χ1v) is 11.6. The molecule has 1 aromatic heterocycles. The summed E-state index contributed by atoms with van der Waals surface area (Å²) in [6, 6.07) is 17.9. The Morgan fingerprint density at radius 2 is 1.80 bits per heavy atom. The number of para-hydroxylation sites is 1. The molecule has 0 spiro atoms. The van der Waals surface area contributed by atoms with Crippen LogP contribution in [0.15, 0.2) is 74.9 Å². The van der Waals surface area contributed by atoms with Crippen LogP contribution in [-0.4, -0.2) is 35.9 Å². The van der Waals surface area contributed by atoms with Crippen molar-refractivity contribution in [1.82, 2.24) is 9.88 Å². The summed E-state index contributed by atoms with van der Waals surface area (Å²) in [6.07, 6.45) is 1.67. The minimum absolute atomic E-state index is 0.0957. The summed E-state index contributed by atoms with van der Waals surface area (Å²) < 4.78 is 29.4. The molecule has 1 amide bonds. The number of pyridine rings is 1. The first-order chi connectivity index (χ1) is 14.4. The van der Waals surface area contributed by atoms with Gasteiger partial charge in [-0.2, -0.15) is 8.42 Å². The lowest BCUT2D eigenvalue weighted by molar-refractivity contribution is -0.122. The number of hydrogen-bond donors (Lipinski definition) is 0. The van der Waals surface area contributed by atoms with Gasteiger partial charge in [-0.25, -0.2) is 4.98 Å². The van der Waals surface area contributed by atoms with E-state index in [9.17, 15) is 13.2 Å². The maximum Gasteiger partial charge on any atom is 0.284 e. The highest BCUT2D eigenvalue weighted by atomic mass is 32.2. The van der Waals surface area contributed by atoms with Gasteiger partial charge >= 0.3 is 0 Å². The van der Waals surface area contributed by atoms with Crippen molar-refractivity contribution in [3.8, 4) is 0 Å². The molecule has 4 rings (SSSR count). The molecule has 2 aromatic carbocycles. The molecule has 1 saturated heterocycles. The van der Waals surface area contributed by atoms with E-state index in [2.05, 4.69) is 9.38 Å². The molecule has 0 unspecified atom stereocenters. The molecule has 8 heteroatoms. The minimum atomic E-state index is -3.92. The number of fused-ring (bicyclic) bond motifs is 1. The lowest BCUT2D eigenvalue weighted by atomic mass is 10.2. The van der Waals surface area contributed by atoms with E-state index < -0.39 is 10.0 Å². The zero-order chi connectivity index (χ0) is 21.3. The fraction of sp³-hybridized carbons (Fsp3) is 0.136. The SMILES string of the molecule is CCN1C(=O)/C(=C/c2ccc3ccccc3n2)S/C1=N\S(=O)(=O)c1ccc(C)cc1. The van der Waals surface area contributed by atoms with E-state index in [1.807, 2.05) is 43.3 Å². The number of hydrogen-bond acceptors (Lipinski definition) is 5. The van der Waals surface area contributed by atoms with Gasteiger partial charge in [0.05, 0.1) is 21.0 Å². The number of amidine groups is 1. The fourth-order valence-corrected chi connectivity index (χ4v) is 5.25. The van der Waals surface area contributed by atoms with Gasteiger partial charge in [-0.15, -0.1) is 4.40 Å². The molecule has 0 radical (unpaired) electrons. The Bertz CT molecular complexity index is 1300. The topological polar surface area (TPSA) is 79.7 Å². The fourth-order valence-electron chi connectivity index (χ4n) is 3.02. The monoisotopic (exact) mass is 437 g/mol. The van der Waals surface area contributed by atoms with Gasteiger partial charge in [0, 0.05) is 11.9 Å². The number of thioether (sulfide) groups is 1. The number of rotatable bonds is 4. The molecule has 152 valence electrons. The molecule has 0 N–H and O–H groups in total. The van der Waals surface area contributed by atoms with Crippen molar-refractivity contribution in [3.63, 3.8) is 0 Å². The molecule has 3 aromatic rings. The highest BCUT2D eigenvalue weighted by molar-refractivity contribution is 8.19. The Kier molecular flexibility index (Phi) is 5.44. The van der Waals surface area contributed by atoms with Crippen LogP contribution in [0, 0.1) is 6.92 Å². The quantitative estimate of drug-likeness (QED) is 0.571. The van der Waals surface area contributed by atoms with Gasteiger partial charge in [-0.3, -0.25) is 9.69 Å². The van der Waals surface area contributed by atoms with E-state index in [0.717, 1.165) is 28.2 Å². The number of likely N-dealkylation sites (N-methyl/N-ethyl adjacent to an activating group) is 1. The summed E-state index contributed by atoms with van der Waals surface area (Å²) in [4.78, 5) is 19.2. The van der Waals surface area contributed by atoms with Gasteiger partial charge < -0.3 is 0 Å². The van der Waals surface area contributed by atoms with Crippen LogP contribution in [0.3, 0.4) is 0 Å². The van der Waals surface area contributed by atoms with Crippen LogP contribution in [-0.2, 0) is 14.8 Å². The number of aromatic nitrogens is 1. The Balaban J connectivity index is 1.69. The van der Waals surface area contributed by atoms with Crippen LogP contribution < -0.4 is 0 Å². The number of benzene rings is 2. The Morgan fingerprint density at radius 1 is 1.07 bits per heavy atom. The second-order valence-electron chi connectivity index (χ2n) is 6.75. The zero-order valence-electron chi connectivity index (χ0n) is 16.4. The van der Waals surface area contributed by atoms with Crippen molar-refractivity contribution in [1.29, 1.82) is 0 Å². The van der Waals surface area contributed by atoms with Crippen LogP contribution in [0.2, 0.25) is 0 Å². The van der Waals surface area contributed by atoms with Crippen LogP contribution in [0.5, 0.6) is 0 Å². The smallest absolute Gasteiger partial charge is 0.284 e. The minimum Gasteiger partial charge on any atom is -0.286 e. The molecule has 6 nitrogen and oxygen atoms in total. The zero-order valence-corrected chi connectivity index (χ0v) is 18.1. The highest BCUT2D eigenvalue weighted by Gasteiger charge is 2.34.